The number of ether oxygens (including phenoxy) is 2. The van der Waals surface area contributed by atoms with Gasteiger partial charge in [0.1, 0.15) is 11.6 Å². The molecule has 19 nitrogen and oxygen atoms in total. The molecule has 3 saturated carbocycles. The number of thiazole rings is 3. The minimum absolute atomic E-state index is 0.0347. The van der Waals surface area contributed by atoms with Gasteiger partial charge in [-0.15, -0.1) is 34.0 Å². The van der Waals surface area contributed by atoms with Crippen LogP contribution >= 0.6 is 34.0 Å². The maximum Gasteiger partial charge on any atom is 0.258 e. The number of fused-ring (bicyclic) bond motifs is 3. The van der Waals surface area contributed by atoms with Gasteiger partial charge in [-0.25, -0.2) is 38.3 Å². The first-order chi connectivity index (χ1) is 42.4. The number of pyridine rings is 3. The predicted molar refractivity (Wildman–Crippen MR) is 347 cm³/mol. The van der Waals surface area contributed by atoms with Gasteiger partial charge in [-0.2, -0.15) is 4.31 Å². The van der Waals surface area contributed by atoms with Crippen molar-refractivity contribution in [2.45, 2.75) is 158 Å². The molecule has 4 saturated heterocycles. The molecule has 23 heteroatoms. The number of hydrogen-bond donors (Lipinski definition) is 0. The molecular formula is C66H82N12O7S4. The molecule has 6 aromatic heterocycles. The molecule has 3 amide bonds. The molecule has 10 aliphatic rings. The van der Waals surface area contributed by atoms with Crippen molar-refractivity contribution in [1.29, 1.82) is 0 Å². The van der Waals surface area contributed by atoms with Gasteiger partial charge in [-0.05, 0) is 166 Å². The summed E-state index contributed by atoms with van der Waals surface area (Å²) in [5, 5.41) is 3.06. The minimum Gasteiger partial charge on any atom is -0.380 e. The van der Waals surface area contributed by atoms with Crippen molar-refractivity contribution in [3.63, 3.8) is 0 Å². The van der Waals surface area contributed by atoms with Crippen LogP contribution in [-0.2, 0) is 45.7 Å². The number of piperidine rings is 1. The fourth-order valence-electron chi connectivity index (χ4n) is 14.5. The van der Waals surface area contributed by atoms with Crippen LogP contribution < -0.4 is 9.80 Å². The lowest BCUT2D eigenvalue weighted by atomic mass is 9.77. The predicted octanol–water partition coefficient (Wildman–Crippen LogP) is 10.6. The van der Waals surface area contributed by atoms with Gasteiger partial charge in [0.15, 0.2) is 0 Å². The third-order valence-electron chi connectivity index (χ3n) is 20.6. The molecule has 3 atom stereocenters. The van der Waals surface area contributed by atoms with Crippen LogP contribution in [0.5, 0.6) is 0 Å². The maximum absolute atomic E-state index is 13.6. The van der Waals surface area contributed by atoms with Crippen molar-refractivity contribution in [3.8, 4) is 31.7 Å². The van der Waals surface area contributed by atoms with E-state index in [-0.39, 0.29) is 35.7 Å². The van der Waals surface area contributed by atoms with E-state index in [4.69, 9.17) is 24.4 Å². The summed E-state index contributed by atoms with van der Waals surface area (Å²) in [6.07, 6.45) is 10.7. The van der Waals surface area contributed by atoms with Crippen molar-refractivity contribution in [3.05, 3.63) is 89.4 Å². The van der Waals surface area contributed by atoms with Gasteiger partial charge in [0.2, 0.25) is 10.0 Å². The van der Waals surface area contributed by atoms with E-state index in [9.17, 15) is 22.8 Å². The van der Waals surface area contributed by atoms with E-state index in [1.807, 2.05) is 45.6 Å². The van der Waals surface area contributed by atoms with Crippen molar-refractivity contribution in [2.75, 3.05) is 75.7 Å². The molecule has 0 N–H and O–H groups in total. The van der Waals surface area contributed by atoms with E-state index in [2.05, 4.69) is 74.4 Å². The smallest absolute Gasteiger partial charge is 0.258 e. The second kappa shape index (κ2) is 22.8. The van der Waals surface area contributed by atoms with E-state index in [0.717, 1.165) is 188 Å². The standard InChI is InChI=1S/C24H30N4O2S.C22H26N4O2S.C20H26N4O3S2/c1-14-21(31-16(3)25-14)19-10-18-11-28(15(2)17-4-5-17)23(29)20(18)22(26-19)27-8-6-24(7-9-27)12-30-13-24;1-12-19(29-14(3)23-12)17-6-16-7-26(13(2)15-4-5-15)21(27)18(16)20(24-17)25-8-22(9-25)10-28-11-22;1-11-19(28-13(3)21-11)16-8-15-9-24(12(2)14-6-7-14)20(25)18(15)17(22-16)10-23(4)29(5,26)27/h10,15,17H,4-9,11-13H2,1-3H3;6,13,15H,4-5,7-11H2,1-3H3;8,12,14H,6-7,9-10H2,1-5H3/t15-;13-;12-/m000/s1. The molecule has 13 heterocycles. The minimum atomic E-state index is -3.39. The van der Waals surface area contributed by atoms with Crippen molar-refractivity contribution in [1.82, 2.24) is 48.9 Å². The summed E-state index contributed by atoms with van der Waals surface area (Å²) in [4.78, 5) is 82.9. The van der Waals surface area contributed by atoms with Crippen LogP contribution in [0, 0.1) is 70.1 Å². The highest BCUT2D eigenvalue weighted by Crippen LogP contribution is 2.48. The second-order valence-electron chi connectivity index (χ2n) is 27.5. The SMILES string of the molecule is Cc1nc(C)c(-c2cc3c(c(CN(C)S(C)(=O)=O)n2)C(=O)N([C@@H](C)C2CC2)C3)s1.Cc1nc(C)c(-c2cc3c(c(N4CC5(COC5)C4)n2)C(=O)N([C@@H](C)C2CC2)C3)s1.Cc1nc(C)c(-c2cc3c(c(N4CCC5(CC4)COC5)n2)C(=O)N([C@@H](C)C2CC2)C3)s1. The third kappa shape index (κ3) is 11.4. The first-order valence-corrected chi connectivity index (χ1v) is 36.2. The van der Waals surface area contributed by atoms with Crippen molar-refractivity contribution < 1.29 is 32.3 Å². The number of sulfonamides is 1. The number of rotatable bonds is 14. The monoisotopic (exact) mass is 1280 g/mol. The summed E-state index contributed by atoms with van der Waals surface area (Å²) in [6.45, 7) is 27.8. The van der Waals surface area contributed by atoms with Gasteiger partial charge in [-0.3, -0.25) is 14.4 Å². The maximum atomic E-state index is 13.6. The summed E-state index contributed by atoms with van der Waals surface area (Å²) in [7, 11) is -1.88. The van der Waals surface area contributed by atoms with E-state index < -0.39 is 10.0 Å². The Kier molecular flexibility index (Phi) is 15.5. The Bertz CT molecular complexity index is 3950. The summed E-state index contributed by atoms with van der Waals surface area (Å²) in [5.41, 5.74) is 12.2. The van der Waals surface area contributed by atoms with E-state index in [1.54, 1.807) is 34.0 Å². The molecular weight excluding hydrogens is 1200 g/mol. The first-order valence-electron chi connectivity index (χ1n) is 31.9. The summed E-state index contributed by atoms with van der Waals surface area (Å²) >= 11 is 4.95. The Morgan fingerprint density at radius 3 is 1.24 bits per heavy atom. The number of hydrogen-bond acceptors (Lipinski definition) is 18. The van der Waals surface area contributed by atoms with Crippen LogP contribution in [0.15, 0.2) is 18.2 Å². The van der Waals surface area contributed by atoms with Crippen LogP contribution in [0.4, 0.5) is 11.6 Å². The van der Waals surface area contributed by atoms with Gasteiger partial charge in [0.25, 0.3) is 17.7 Å². The normalized spacial score (nSPS) is 21.5. The molecule has 0 unspecified atom stereocenters. The second-order valence-corrected chi connectivity index (χ2v) is 33.2. The van der Waals surface area contributed by atoms with Gasteiger partial charge < -0.3 is 34.0 Å². The molecule has 16 rings (SSSR count). The quantitative estimate of drug-likeness (QED) is 0.0996. The Balaban J connectivity index is 0.000000117. The highest BCUT2D eigenvalue weighted by Gasteiger charge is 2.52. The molecule has 3 aliphatic carbocycles. The number of carbonyl (C=O) groups is 3. The zero-order chi connectivity index (χ0) is 62.3. The Hall–Kier alpha value is -5.82. The Labute approximate surface area is 534 Å². The average Bonchev–Trinajstić information content (AvgIpc) is 1.74. The summed E-state index contributed by atoms with van der Waals surface area (Å²) < 4.78 is 36.2. The lowest BCUT2D eigenvalue weighted by Crippen LogP contribution is -2.66. The number of amides is 3. The molecule has 0 bridgehead atoms. The molecule has 89 heavy (non-hydrogen) atoms. The summed E-state index contributed by atoms with van der Waals surface area (Å²) in [6, 6.07) is 7.07. The third-order valence-corrected chi connectivity index (χ3v) is 25.2. The van der Waals surface area contributed by atoms with Crippen LogP contribution in [-0.4, -0.2) is 159 Å². The molecule has 2 spiro atoms. The largest absolute Gasteiger partial charge is 0.380 e. The first kappa shape index (κ1) is 60.7. The zero-order valence-corrected chi connectivity index (χ0v) is 56.5. The van der Waals surface area contributed by atoms with E-state index in [0.29, 0.717) is 66.1 Å². The van der Waals surface area contributed by atoms with Crippen LogP contribution in [0.2, 0.25) is 0 Å². The number of carbonyl (C=O) groups excluding carboxylic acids is 3. The van der Waals surface area contributed by atoms with Crippen molar-refractivity contribution in [2.24, 2.45) is 28.6 Å². The Morgan fingerprint density at radius 1 is 0.539 bits per heavy atom. The number of aromatic nitrogens is 6. The summed E-state index contributed by atoms with van der Waals surface area (Å²) in [5.74, 6) is 3.95. The number of nitrogens with zero attached hydrogens (tertiary/aromatic N) is 12. The topological polar surface area (TPSA) is 201 Å². The Morgan fingerprint density at radius 2 is 0.899 bits per heavy atom. The van der Waals surface area contributed by atoms with E-state index >= 15 is 0 Å². The lowest BCUT2D eigenvalue weighted by Gasteiger charge is -2.55. The van der Waals surface area contributed by atoms with Crippen LogP contribution in [0.25, 0.3) is 31.7 Å². The average molecular weight is 1280 g/mol. The molecule has 7 aliphatic heterocycles. The molecule has 472 valence electrons. The highest BCUT2D eigenvalue weighted by atomic mass is 32.2. The lowest BCUT2D eigenvalue weighted by molar-refractivity contribution is -0.127. The van der Waals surface area contributed by atoms with Gasteiger partial charge in [-0.1, -0.05) is 0 Å². The van der Waals surface area contributed by atoms with Crippen LogP contribution in [0.3, 0.4) is 0 Å². The molecule has 0 radical (unpaired) electrons. The molecule has 7 fully saturated rings. The van der Waals surface area contributed by atoms with Gasteiger partial charge >= 0.3 is 0 Å². The molecule has 6 aromatic rings. The number of anilines is 2. The highest BCUT2D eigenvalue weighted by molar-refractivity contribution is 7.88. The number of aryl methyl sites for hydroxylation is 6. The fraction of sp³-hybridized carbons (Fsp3) is 0.591. The zero-order valence-electron chi connectivity index (χ0n) is 53.2. The van der Waals surface area contributed by atoms with Gasteiger partial charge in [0, 0.05) is 76.4 Å². The fourth-order valence-corrected chi connectivity index (χ4v) is 17.5. The molecule has 0 aromatic carbocycles. The van der Waals surface area contributed by atoms with Crippen LogP contribution in [0.1, 0.15) is 158 Å². The van der Waals surface area contributed by atoms with Crippen molar-refractivity contribution >= 4 is 73.4 Å². The van der Waals surface area contributed by atoms with E-state index in [1.165, 1.54) is 37.0 Å². The van der Waals surface area contributed by atoms with Gasteiger partial charge in [0.05, 0.1) is 131 Å².